The number of aromatic amines is 1. The van der Waals surface area contributed by atoms with Crippen LogP contribution in [0.4, 0.5) is 5.69 Å². The average molecular weight is 544 g/mol. The second-order valence-corrected chi connectivity index (χ2v) is 10.6. The van der Waals surface area contributed by atoms with Gasteiger partial charge < -0.3 is 14.3 Å². The molecule has 1 saturated heterocycles. The van der Waals surface area contributed by atoms with Crippen molar-refractivity contribution in [3.63, 3.8) is 0 Å². The number of fused-ring (bicyclic) bond motifs is 1. The average Bonchev–Trinajstić information content (AvgIpc) is 3.62. The molecule has 0 spiro atoms. The van der Waals surface area contributed by atoms with E-state index >= 15 is 0 Å². The van der Waals surface area contributed by atoms with Crippen molar-refractivity contribution in [3.05, 3.63) is 104 Å². The van der Waals surface area contributed by atoms with E-state index in [9.17, 15) is 4.79 Å². The Labute approximate surface area is 231 Å². The second kappa shape index (κ2) is 10.3. The van der Waals surface area contributed by atoms with Gasteiger partial charge in [0.05, 0.1) is 11.8 Å². The molecule has 200 valence electrons. The molecule has 39 heavy (non-hydrogen) atoms. The van der Waals surface area contributed by atoms with Crippen molar-refractivity contribution >= 4 is 28.2 Å². The molecule has 0 radical (unpaired) electrons. The molecule has 0 aliphatic carbocycles. The number of anilines is 1. The maximum Gasteiger partial charge on any atom is 0.253 e. The zero-order valence-electron chi connectivity index (χ0n) is 22.2. The number of nitrogens with zero attached hydrogens (tertiary/aromatic N) is 6. The summed E-state index contributed by atoms with van der Waals surface area (Å²) in [5, 5.41) is 14.5. The Hall–Kier alpha value is -3.95. The molecule has 10 heteroatoms. The molecule has 0 amide bonds. The fourth-order valence-corrected chi connectivity index (χ4v) is 5.67. The Morgan fingerprint density at radius 3 is 2.54 bits per heavy atom. The third-order valence-corrected chi connectivity index (χ3v) is 7.88. The first-order chi connectivity index (χ1) is 18.9. The standard InChI is InChI=1S/C29H30ClN7O2/c1-18-6-7-20(3)26-23(18)16-24(29(38)31-26)27(28-32-33-34-37(28)17-22-5-4-14-39-22)36-12-10-35(11-13-36)25-15-21(30)9-8-19(25)2/h4-9,14-16,27H,10-13,17H2,1-3H3,(H,31,38). The van der Waals surface area contributed by atoms with Gasteiger partial charge in [-0.3, -0.25) is 9.69 Å². The lowest BCUT2D eigenvalue weighted by Gasteiger charge is -2.40. The Balaban J connectivity index is 1.41. The van der Waals surface area contributed by atoms with Crippen molar-refractivity contribution in [1.29, 1.82) is 0 Å². The van der Waals surface area contributed by atoms with Crippen LogP contribution in [0.1, 0.15) is 39.9 Å². The van der Waals surface area contributed by atoms with E-state index in [4.69, 9.17) is 16.0 Å². The number of nitrogens with one attached hydrogen (secondary N) is 1. The third kappa shape index (κ3) is 4.84. The van der Waals surface area contributed by atoms with E-state index in [2.05, 4.69) is 56.3 Å². The van der Waals surface area contributed by atoms with E-state index in [1.165, 1.54) is 5.56 Å². The number of H-pyrrole nitrogens is 1. The van der Waals surface area contributed by atoms with E-state index in [0.717, 1.165) is 51.6 Å². The highest BCUT2D eigenvalue weighted by atomic mass is 35.5. The highest BCUT2D eigenvalue weighted by Crippen LogP contribution is 2.31. The summed E-state index contributed by atoms with van der Waals surface area (Å²) >= 11 is 6.32. The predicted molar refractivity (Wildman–Crippen MR) is 151 cm³/mol. The largest absolute Gasteiger partial charge is 0.467 e. The molecule has 2 aromatic carbocycles. The van der Waals surface area contributed by atoms with Gasteiger partial charge in [0.15, 0.2) is 5.82 Å². The minimum Gasteiger partial charge on any atom is -0.467 e. The molecule has 0 saturated carbocycles. The first-order valence-corrected chi connectivity index (χ1v) is 13.4. The molecule has 6 rings (SSSR count). The number of aromatic nitrogens is 5. The molecule has 1 atom stereocenters. The Morgan fingerprint density at radius 1 is 1.00 bits per heavy atom. The van der Waals surface area contributed by atoms with Crippen LogP contribution in [0.15, 0.2) is 64.0 Å². The van der Waals surface area contributed by atoms with Gasteiger partial charge >= 0.3 is 0 Å². The second-order valence-electron chi connectivity index (χ2n) is 10.2. The van der Waals surface area contributed by atoms with Gasteiger partial charge in [-0.2, -0.15) is 0 Å². The number of halogens is 1. The van der Waals surface area contributed by atoms with E-state index in [-0.39, 0.29) is 5.56 Å². The van der Waals surface area contributed by atoms with Crippen LogP contribution in [0, 0.1) is 20.8 Å². The number of rotatable bonds is 6. The molecule has 1 aliphatic heterocycles. The van der Waals surface area contributed by atoms with Crippen LogP contribution in [0.25, 0.3) is 10.9 Å². The topological polar surface area (TPSA) is 96.1 Å². The molecule has 9 nitrogen and oxygen atoms in total. The molecule has 0 bridgehead atoms. The van der Waals surface area contributed by atoms with Gasteiger partial charge in [0.2, 0.25) is 0 Å². The fourth-order valence-electron chi connectivity index (χ4n) is 5.51. The van der Waals surface area contributed by atoms with Crippen LogP contribution >= 0.6 is 11.6 Å². The molecule has 1 N–H and O–H groups in total. The lowest BCUT2D eigenvalue weighted by molar-refractivity contribution is 0.200. The van der Waals surface area contributed by atoms with Crippen LogP contribution in [0.3, 0.4) is 0 Å². The first kappa shape index (κ1) is 25.3. The molecule has 1 fully saturated rings. The monoisotopic (exact) mass is 543 g/mol. The van der Waals surface area contributed by atoms with Crippen molar-refractivity contribution in [3.8, 4) is 0 Å². The van der Waals surface area contributed by atoms with Crippen LogP contribution < -0.4 is 10.5 Å². The number of piperazine rings is 1. The van der Waals surface area contributed by atoms with Crippen molar-refractivity contribution in [2.45, 2.75) is 33.4 Å². The number of aryl methyl sites for hydroxylation is 3. The number of pyridine rings is 1. The molecule has 3 aromatic heterocycles. The van der Waals surface area contributed by atoms with Gasteiger partial charge in [-0.15, -0.1) is 5.10 Å². The summed E-state index contributed by atoms with van der Waals surface area (Å²) in [4.78, 5) is 21.5. The molecule has 5 aromatic rings. The van der Waals surface area contributed by atoms with Gasteiger partial charge in [-0.25, -0.2) is 4.68 Å². The summed E-state index contributed by atoms with van der Waals surface area (Å²) in [6.07, 6.45) is 1.63. The summed E-state index contributed by atoms with van der Waals surface area (Å²) in [5.74, 6) is 1.34. The fraction of sp³-hybridized carbons (Fsp3) is 0.310. The van der Waals surface area contributed by atoms with Crippen LogP contribution in [-0.2, 0) is 6.54 Å². The third-order valence-electron chi connectivity index (χ3n) is 7.65. The normalized spacial score (nSPS) is 15.2. The summed E-state index contributed by atoms with van der Waals surface area (Å²) in [5.41, 5.74) is 5.80. The van der Waals surface area contributed by atoms with E-state index in [1.807, 2.05) is 43.3 Å². The van der Waals surface area contributed by atoms with Crippen molar-refractivity contribution in [2.24, 2.45) is 0 Å². The SMILES string of the molecule is Cc1ccc(Cl)cc1N1CCN(C(c2cc3c(C)ccc(C)c3[nH]c2=O)c2nnnn2Cc2ccco2)CC1. The summed E-state index contributed by atoms with van der Waals surface area (Å²) < 4.78 is 7.30. The highest BCUT2D eigenvalue weighted by Gasteiger charge is 2.33. The first-order valence-electron chi connectivity index (χ1n) is 13.1. The smallest absolute Gasteiger partial charge is 0.253 e. The highest BCUT2D eigenvalue weighted by molar-refractivity contribution is 6.30. The minimum absolute atomic E-state index is 0.137. The Bertz CT molecular complexity index is 1680. The summed E-state index contributed by atoms with van der Waals surface area (Å²) in [6, 6.07) is 15.4. The van der Waals surface area contributed by atoms with Gasteiger partial charge in [0.1, 0.15) is 18.3 Å². The van der Waals surface area contributed by atoms with Crippen LogP contribution in [0.5, 0.6) is 0 Å². The van der Waals surface area contributed by atoms with Crippen LogP contribution in [-0.4, -0.2) is 56.3 Å². The van der Waals surface area contributed by atoms with Gasteiger partial charge in [0, 0.05) is 47.8 Å². The summed E-state index contributed by atoms with van der Waals surface area (Å²) in [6.45, 7) is 9.53. The lowest BCUT2D eigenvalue weighted by atomic mass is 9.99. The zero-order chi connectivity index (χ0) is 27.1. The quantitative estimate of drug-likeness (QED) is 0.333. The molecular formula is C29H30ClN7O2. The molecule has 4 heterocycles. The molecule has 1 aliphatic rings. The molecule has 1 unspecified atom stereocenters. The van der Waals surface area contributed by atoms with Gasteiger partial charge in [-0.1, -0.05) is 29.8 Å². The minimum atomic E-state index is -0.439. The lowest BCUT2D eigenvalue weighted by Crippen LogP contribution is -2.49. The Morgan fingerprint density at radius 2 is 1.77 bits per heavy atom. The Kier molecular flexibility index (Phi) is 6.70. The van der Waals surface area contributed by atoms with Crippen molar-refractivity contribution in [1.82, 2.24) is 30.1 Å². The van der Waals surface area contributed by atoms with Crippen molar-refractivity contribution in [2.75, 3.05) is 31.1 Å². The summed E-state index contributed by atoms with van der Waals surface area (Å²) in [7, 11) is 0. The maximum absolute atomic E-state index is 13.7. The number of hydrogen-bond donors (Lipinski definition) is 1. The van der Waals surface area contributed by atoms with E-state index in [0.29, 0.717) is 31.0 Å². The van der Waals surface area contributed by atoms with Gasteiger partial charge in [-0.05, 0) is 78.2 Å². The van der Waals surface area contributed by atoms with Crippen LogP contribution in [0.2, 0.25) is 5.02 Å². The number of benzene rings is 2. The van der Waals surface area contributed by atoms with Crippen molar-refractivity contribution < 1.29 is 4.42 Å². The van der Waals surface area contributed by atoms with E-state index in [1.54, 1.807) is 10.9 Å². The van der Waals surface area contributed by atoms with E-state index < -0.39 is 6.04 Å². The number of tetrazole rings is 1. The zero-order valence-corrected chi connectivity index (χ0v) is 22.9. The predicted octanol–water partition coefficient (Wildman–Crippen LogP) is 4.65. The number of furan rings is 1. The maximum atomic E-state index is 13.7. The van der Waals surface area contributed by atoms with Gasteiger partial charge in [0.25, 0.3) is 5.56 Å². The molecular weight excluding hydrogens is 514 g/mol. The number of hydrogen-bond acceptors (Lipinski definition) is 7.